The maximum absolute atomic E-state index is 11.9. The maximum Gasteiger partial charge on any atom is 0.284 e. The van der Waals surface area contributed by atoms with Gasteiger partial charge in [-0.05, 0) is 24.4 Å². The zero-order valence-corrected chi connectivity index (χ0v) is 10.6. The lowest BCUT2D eigenvalue weighted by molar-refractivity contribution is 0.548. The van der Waals surface area contributed by atoms with Crippen molar-refractivity contribution in [1.29, 1.82) is 0 Å². The Labute approximate surface area is 103 Å². The topological polar surface area (TPSA) is 74.7 Å². The van der Waals surface area contributed by atoms with Gasteiger partial charge in [0.05, 0.1) is 0 Å². The number of nitrogens with zero attached hydrogens (tertiary/aromatic N) is 1. The van der Waals surface area contributed by atoms with Crippen LogP contribution in [0.5, 0.6) is 0 Å². The van der Waals surface area contributed by atoms with E-state index in [-0.39, 0.29) is 21.7 Å². The summed E-state index contributed by atoms with van der Waals surface area (Å²) in [6.07, 6.45) is 0. The van der Waals surface area contributed by atoms with Crippen LogP contribution in [0.15, 0.2) is 21.3 Å². The predicted octanol–water partition coefficient (Wildman–Crippen LogP) is 2.38. The summed E-state index contributed by atoms with van der Waals surface area (Å²) in [6.45, 7) is 6.08. The molecule has 0 bridgehead atoms. The van der Waals surface area contributed by atoms with Gasteiger partial charge in [-0.3, -0.25) is 4.79 Å². The molecule has 17 heavy (non-hydrogen) atoms. The lowest BCUT2D eigenvalue weighted by Gasteiger charge is -2.18. The van der Waals surface area contributed by atoms with Crippen LogP contribution in [-0.4, -0.2) is 15.2 Å². The van der Waals surface area contributed by atoms with E-state index in [0.29, 0.717) is 5.56 Å². The van der Waals surface area contributed by atoms with E-state index in [1.54, 1.807) is 6.07 Å². The van der Waals surface area contributed by atoms with Crippen LogP contribution in [0.3, 0.4) is 0 Å². The van der Waals surface area contributed by atoms with Crippen molar-refractivity contribution in [3.05, 3.63) is 33.0 Å². The van der Waals surface area contributed by atoms with Crippen molar-refractivity contribution in [1.82, 2.24) is 15.2 Å². The summed E-state index contributed by atoms with van der Waals surface area (Å²) in [5, 5.41) is 6.31. The van der Waals surface area contributed by atoms with Gasteiger partial charge in [-0.25, -0.2) is 5.10 Å². The van der Waals surface area contributed by atoms with E-state index < -0.39 is 0 Å². The summed E-state index contributed by atoms with van der Waals surface area (Å²) >= 11 is 4.76. The Morgan fingerprint density at radius 1 is 1.35 bits per heavy atom. The molecule has 0 spiro atoms. The van der Waals surface area contributed by atoms with Crippen molar-refractivity contribution in [2.24, 2.45) is 0 Å². The predicted molar refractivity (Wildman–Crippen MR) is 66.4 cm³/mol. The molecule has 2 aromatic rings. The number of hydrogen-bond donors (Lipinski definition) is 2. The fourth-order valence-corrected chi connectivity index (χ4v) is 1.55. The Balaban J connectivity index is 2.53. The van der Waals surface area contributed by atoms with Crippen LogP contribution in [0.1, 0.15) is 26.5 Å². The van der Waals surface area contributed by atoms with Gasteiger partial charge in [0.1, 0.15) is 5.56 Å². The fourth-order valence-electron chi connectivity index (χ4n) is 1.42. The zero-order valence-electron chi connectivity index (χ0n) is 9.83. The van der Waals surface area contributed by atoms with Gasteiger partial charge >= 0.3 is 0 Å². The third kappa shape index (κ3) is 2.36. The van der Waals surface area contributed by atoms with Gasteiger partial charge in [-0.2, -0.15) is 0 Å². The molecule has 0 aromatic carbocycles. The Bertz CT molecular complexity index is 645. The van der Waals surface area contributed by atoms with E-state index in [9.17, 15) is 4.79 Å². The molecular formula is C11H13N3O2S. The smallest absolute Gasteiger partial charge is 0.284 e. The molecule has 0 aliphatic rings. The Kier molecular flexibility index (Phi) is 2.74. The summed E-state index contributed by atoms with van der Waals surface area (Å²) in [4.78, 5) is 14.9. The van der Waals surface area contributed by atoms with Crippen LogP contribution in [-0.2, 0) is 5.41 Å². The SMILES string of the molecule is CC(C)(C)c1ccc(-c2n[nH]c(=S)o2)c(=O)[nH]1. The molecule has 0 saturated heterocycles. The van der Waals surface area contributed by atoms with E-state index in [2.05, 4.69) is 15.2 Å². The first-order valence-corrected chi connectivity index (χ1v) is 5.58. The third-order valence-corrected chi connectivity index (χ3v) is 2.56. The number of H-pyrrole nitrogens is 2. The summed E-state index contributed by atoms with van der Waals surface area (Å²) in [7, 11) is 0. The number of aromatic amines is 2. The number of rotatable bonds is 1. The van der Waals surface area contributed by atoms with Crippen molar-refractivity contribution < 1.29 is 4.42 Å². The molecule has 0 aliphatic heterocycles. The average molecular weight is 251 g/mol. The van der Waals surface area contributed by atoms with Crippen LogP contribution < -0.4 is 5.56 Å². The van der Waals surface area contributed by atoms with Gasteiger partial charge in [0, 0.05) is 11.1 Å². The lowest BCUT2D eigenvalue weighted by Crippen LogP contribution is -2.20. The second kappa shape index (κ2) is 3.96. The third-order valence-electron chi connectivity index (χ3n) is 2.39. The highest BCUT2D eigenvalue weighted by atomic mass is 32.1. The molecular weight excluding hydrogens is 238 g/mol. The van der Waals surface area contributed by atoms with Crippen molar-refractivity contribution in [3.8, 4) is 11.5 Å². The molecule has 0 radical (unpaired) electrons. The molecule has 2 N–H and O–H groups in total. The molecule has 0 amide bonds. The molecule has 2 rings (SSSR count). The summed E-state index contributed by atoms with van der Waals surface area (Å²) in [5.41, 5.74) is 0.886. The highest BCUT2D eigenvalue weighted by Crippen LogP contribution is 2.20. The highest BCUT2D eigenvalue weighted by Gasteiger charge is 2.17. The second-order valence-corrected chi connectivity index (χ2v) is 5.15. The quantitative estimate of drug-likeness (QED) is 0.763. The second-order valence-electron chi connectivity index (χ2n) is 4.78. The molecule has 5 nitrogen and oxygen atoms in total. The van der Waals surface area contributed by atoms with Gasteiger partial charge < -0.3 is 9.40 Å². The van der Waals surface area contributed by atoms with Crippen molar-refractivity contribution in [2.45, 2.75) is 26.2 Å². The number of hydrogen-bond acceptors (Lipinski definition) is 4. The summed E-state index contributed by atoms with van der Waals surface area (Å²) < 4.78 is 5.10. The number of nitrogens with one attached hydrogen (secondary N) is 2. The van der Waals surface area contributed by atoms with Crippen molar-refractivity contribution >= 4 is 12.2 Å². The van der Waals surface area contributed by atoms with Crippen LogP contribution in [0.4, 0.5) is 0 Å². The standard InChI is InChI=1S/C11H13N3O2S/c1-11(2,3)7-5-4-6(8(15)12-7)9-13-14-10(17)16-9/h4-5H,1-3H3,(H,12,15)(H,14,17). The normalized spacial score (nSPS) is 11.7. The number of pyridine rings is 1. The first-order valence-electron chi connectivity index (χ1n) is 5.17. The average Bonchev–Trinajstić information content (AvgIpc) is 2.63. The molecule has 0 saturated carbocycles. The van der Waals surface area contributed by atoms with Gasteiger partial charge in [0.15, 0.2) is 0 Å². The molecule has 6 heteroatoms. The van der Waals surface area contributed by atoms with E-state index in [0.717, 1.165) is 5.69 Å². The minimum atomic E-state index is -0.234. The largest absolute Gasteiger partial charge is 0.409 e. The van der Waals surface area contributed by atoms with Gasteiger partial charge in [-0.15, -0.1) is 5.10 Å². The molecule has 2 heterocycles. The van der Waals surface area contributed by atoms with Crippen molar-refractivity contribution in [3.63, 3.8) is 0 Å². The Hall–Kier alpha value is -1.69. The zero-order chi connectivity index (χ0) is 12.6. The first-order chi connectivity index (χ1) is 7.88. The van der Waals surface area contributed by atoms with Crippen molar-refractivity contribution in [2.75, 3.05) is 0 Å². The van der Waals surface area contributed by atoms with Gasteiger partial charge in [-0.1, -0.05) is 20.8 Å². The number of aromatic nitrogens is 3. The first kappa shape index (κ1) is 11.8. The Morgan fingerprint density at radius 2 is 2.06 bits per heavy atom. The molecule has 0 fully saturated rings. The lowest BCUT2D eigenvalue weighted by atomic mass is 9.91. The van der Waals surface area contributed by atoms with Crippen LogP contribution in [0.2, 0.25) is 0 Å². The van der Waals surface area contributed by atoms with E-state index in [1.807, 2.05) is 26.8 Å². The maximum atomic E-state index is 11.9. The minimum Gasteiger partial charge on any atom is -0.409 e. The van der Waals surface area contributed by atoms with Gasteiger partial charge in [0.2, 0.25) is 0 Å². The molecule has 0 aliphatic carbocycles. The highest BCUT2D eigenvalue weighted by molar-refractivity contribution is 7.71. The fraction of sp³-hybridized carbons (Fsp3) is 0.364. The van der Waals surface area contributed by atoms with Crippen LogP contribution >= 0.6 is 12.2 Å². The van der Waals surface area contributed by atoms with E-state index >= 15 is 0 Å². The van der Waals surface area contributed by atoms with E-state index in [4.69, 9.17) is 16.6 Å². The van der Waals surface area contributed by atoms with E-state index in [1.165, 1.54) is 0 Å². The Morgan fingerprint density at radius 3 is 2.53 bits per heavy atom. The molecule has 0 atom stereocenters. The molecule has 2 aromatic heterocycles. The minimum absolute atomic E-state index is 0.108. The summed E-state index contributed by atoms with van der Waals surface area (Å²) in [6, 6.07) is 3.54. The molecule has 90 valence electrons. The molecule has 0 unspecified atom stereocenters. The van der Waals surface area contributed by atoms with Crippen LogP contribution in [0.25, 0.3) is 11.5 Å². The monoisotopic (exact) mass is 251 g/mol. The summed E-state index contributed by atoms with van der Waals surface area (Å²) in [5.74, 6) is 0.205. The van der Waals surface area contributed by atoms with Crippen LogP contribution in [0, 0.1) is 4.84 Å². The van der Waals surface area contributed by atoms with Gasteiger partial charge in [0.25, 0.3) is 16.3 Å².